The molecule has 0 spiro atoms. The van der Waals surface area contributed by atoms with Gasteiger partial charge in [-0.1, -0.05) is 0 Å². The first-order valence-electron chi connectivity index (χ1n) is 5.24. The summed E-state index contributed by atoms with van der Waals surface area (Å²) >= 11 is 0. The van der Waals surface area contributed by atoms with E-state index >= 15 is 0 Å². The molecule has 0 unspecified atom stereocenters. The summed E-state index contributed by atoms with van der Waals surface area (Å²) in [5, 5.41) is 17.0. The number of ketones is 1. The molecular weight excluding hydrogens is 256 g/mol. The van der Waals surface area contributed by atoms with Gasteiger partial charge in [-0.3, -0.25) is 4.79 Å². The predicted octanol–water partition coefficient (Wildman–Crippen LogP) is 0.816. The average Bonchev–Trinajstić information content (AvgIpc) is 2.33. The van der Waals surface area contributed by atoms with Crippen molar-refractivity contribution in [1.29, 1.82) is 0 Å². The number of hydrogen-bond donors (Lipinski definition) is 2. The summed E-state index contributed by atoms with van der Waals surface area (Å²) in [6, 6.07) is 4.10. The Labute approximate surface area is 108 Å². The fourth-order valence-electron chi connectivity index (χ4n) is 1.24. The Morgan fingerprint density at radius 1 is 1.00 bits per heavy atom. The summed E-state index contributed by atoms with van der Waals surface area (Å²) in [6.07, 6.45) is 0. The van der Waals surface area contributed by atoms with E-state index in [9.17, 15) is 14.4 Å². The van der Waals surface area contributed by atoms with Crippen molar-refractivity contribution in [2.75, 3.05) is 13.2 Å². The molecule has 1 aromatic carbocycles. The summed E-state index contributed by atoms with van der Waals surface area (Å²) < 4.78 is 9.89. The van der Waals surface area contributed by atoms with Crippen LogP contribution in [0.25, 0.3) is 0 Å². The molecule has 0 atom stereocenters. The van der Waals surface area contributed by atoms with Crippen molar-refractivity contribution >= 4 is 17.7 Å². The standard InChI is InChI=1S/C12H12O7/c1-7(13)8-2-3-9(18-5-11(14)15)10(4-8)19-6-12(16)17/h2-4H,5-6H2,1H3,(H,14,15)(H,16,17). The van der Waals surface area contributed by atoms with Gasteiger partial charge in [0.1, 0.15) is 0 Å². The van der Waals surface area contributed by atoms with Crippen LogP contribution in [0.4, 0.5) is 0 Å². The second-order valence-corrected chi connectivity index (χ2v) is 3.58. The Kier molecular flexibility index (Phi) is 4.87. The summed E-state index contributed by atoms with van der Waals surface area (Å²) in [7, 11) is 0. The summed E-state index contributed by atoms with van der Waals surface area (Å²) in [4.78, 5) is 32.1. The number of carboxylic acids is 2. The smallest absolute Gasteiger partial charge is 0.341 e. The molecule has 0 amide bonds. The highest BCUT2D eigenvalue weighted by molar-refractivity contribution is 5.94. The monoisotopic (exact) mass is 268 g/mol. The van der Waals surface area contributed by atoms with Crippen molar-refractivity contribution in [3.8, 4) is 11.5 Å². The van der Waals surface area contributed by atoms with Crippen LogP contribution in [0.1, 0.15) is 17.3 Å². The fourth-order valence-corrected chi connectivity index (χ4v) is 1.24. The van der Waals surface area contributed by atoms with Gasteiger partial charge in [0.25, 0.3) is 0 Å². The first-order valence-corrected chi connectivity index (χ1v) is 5.24. The van der Waals surface area contributed by atoms with Crippen LogP contribution in [0.3, 0.4) is 0 Å². The normalized spacial score (nSPS) is 9.74. The minimum atomic E-state index is -1.20. The van der Waals surface area contributed by atoms with E-state index in [1.54, 1.807) is 0 Å². The Bertz CT molecular complexity index is 507. The second-order valence-electron chi connectivity index (χ2n) is 3.58. The molecule has 0 heterocycles. The largest absolute Gasteiger partial charge is 0.479 e. The van der Waals surface area contributed by atoms with Gasteiger partial charge in [-0.25, -0.2) is 9.59 Å². The first-order chi connectivity index (χ1) is 8.90. The zero-order valence-corrected chi connectivity index (χ0v) is 10.1. The van der Waals surface area contributed by atoms with E-state index in [0.29, 0.717) is 5.56 Å². The highest BCUT2D eigenvalue weighted by Gasteiger charge is 2.12. The number of ether oxygens (including phenoxy) is 2. The second kappa shape index (κ2) is 6.39. The van der Waals surface area contributed by atoms with Gasteiger partial charge < -0.3 is 19.7 Å². The van der Waals surface area contributed by atoms with Gasteiger partial charge in [-0.05, 0) is 25.1 Å². The fraction of sp³-hybridized carbons (Fsp3) is 0.250. The van der Waals surface area contributed by atoms with Crippen LogP contribution in [-0.4, -0.2) is 41.1 Å². The third-order valence-electron chi connectivity index (χ3n) is 2.05. The Morgan fingerprint density at radius 3 is 2.00 bits per heavy atom. The topological polar surface area (TPSA) is 110 Å². The number of rotatable bonds is 7. The molecule has 0 saturated heterocycles. The highest BCUT2D eigenvalue weighted by Crippen LogP contribution is 2.28. The van der Waals surface area contributed by atoms with Crippen LogP contribution in [-0.2, 0) is 9.59 Å². The number of carboxylic acid groups (broad SMARTS) is 2. The maximum atomic E-state index is 11.2. The number of hydrogen-bond acceptors (Lipinski definition) is 5. The predicted molar refractivity (Wildman–Crippen MR) is 62.7 cm³/mol. The molecule has 7 heteroatoms. The summed E-state index contributed by atoms with van der Waals surface area (Å²) in [6.45, 7) is 0.127. The lowest BCUT2D eigenvalue weighted by atomic mass is 10.1. The maximum absolute atomic E-state index is 11.2. The molecule has 1 rings (SSSR count). The minimum Gasteiger partial charge on any atom is -0.479 e. The highest BCUT2D eigenvalue weighted by atomic mass is 16.5. The van der Waals surface area contributed by atoms with Crippen molar-refractivity contribution in [3.05, 3.63) is 23.8 Å². The molecule has 19 heavy (non-hydrogen) atoms. The lowest BCUT2D eigenvalue weighted by Gasteiger charge is -2.11. The van der Waals surface area contributed by atoms with Crippen molar-refractivity contribution in [2.24, 2.45) is 0 Å². The molecular formula is C12H12O7. The number of carbonyl (C=O) groups excluding carboxylic acids is 1. The molecule has 0 saturated carbocycles. The number of carbonyl (C=O) groups is 3. The summed E-state index contributed by atoms with van der Waals surface area (Å²) in [5.74, 6) is -2.53. The van der Waals surface area contributed by atoms with E-state index in [-0.39, 0.29) is 17.3 Å². The average molecular weight is 268 g/mol. The number of aliphatic carboxylic acids is 2. The van der Waals surface area contributed by atoms with E-state index in [1.165, 1.54) is 25.1 Å². The molecule has 0 bridgehead atoms. The third-order valence-corrected chi connectivity index (χ3v) is 2.05. The van der Waals surface area contributed by atoms with Crippen LogP contribution in [0.5, 0.6) is 11.5 Å². The van der Waals surface area contributed by atoms with Crippen molar-refractivity contribution in [1.82, 2.24) is 0 Å². The molecule has 0 aliphatic rings. The van der Waals surface area contributed by atoms with E-state index in [2.05, 4.69) is 0 Å². The zero-order valence-electron chi connectivity index (χ0n) is 10.1. The van der Waals surface area contributed by atoms with Gasteiger partial charge in [-0.15, -0.1) is 0 Å². The third kappa shape index (κ3) is 4.66. The SMILES string of the molecule is CC(=O)c1ccc(OCC(=O)O)c(OCC(=O)O)c1. The molecule has 0 fully saturated rings. The number of Topliss-reactive ketones (excluding diaryl/α,β-unsaturated/α-hetero) is 1. The van der Waals surface area contributed by atoms with Crippen LogP contribution in [0.2, 0.25) is 0 Å². The van der Waals surface area contributed by atoms with Gasteiger partial charge in [0, 0.05) is 5.56 Å². The van der Waals surface area contributed by atoms with E-state index in [0.717, 1.165) is 0 Å². The van der Waals surface area contributed by atoms with Gasteiger partial charge in [0.05, 0.1) is 0 Å². The zero-order chi connectivity index (χ0) is 14.4. The Hall–Kier alpha value is -2.57. The lowest BCUT2D eigenvalue weighted by molar-refractivity contribution is -0.140. The molecule has 0 aromatic heterocycles. The molecule has 7 nitrogen and oxygen atoms in total. The van der Waals surface area contributed by atoms with Crippen LogP contribution in [0.15, 0.2) is 18.2 Å². The van der Waals surface area contributed by atoms with E-state index in [4.69, 9.17) is 19.7 Å². The molecule has 2 N–H and O–H groups in total. The minimum absolute atomic E-state index is 0.0105. The lowest BCUT2D eigenvalue weighted by Crippen LogP contribution is -2.13. The van der Waals surface area contributed by atoms with Crippen LogP contribution < -0.4 is 9.47 Å². The Balaban J connectivity index is 2.96. The van der Waals surface area contributed by atoms with Crippen LogP contribution >= 0.6 is 0 Å². The quantitative estimate of drug-likeness (QED) is 0.704. The van der Waals surface area contributed by atoms with Crippen molar-refractivity contribution in [2.45, 2.75) is 6.92 Å². The molecule has 0 radical (unpaired) electrons. The van der Waals surface area contributed by atoms with Crippen LogP contribution in [0, 0.1) is 0 Å². The first kappa shape index (κ1) is 14.5. The van der Waals surface area contributed by atoms with Gasteiger partial charge in [0.2, 0.25) is 0 Å². The van der Waals surface area contributed by atoms with Crippen molar-refractivity contribution in [3.63, 3.8) is 0 Å². The van der Waals surface area contributed by atoms with Gasteiger partial charge in [-0.2, -0.15) is 0 Å². The van der Waals surface area contributed by atoms with Crippen molar-refractivity contribution < 1.29 is 34.1 Å². The Morgan fingerprint density at radius 2 is 1.53 bits per heavy atom. The van der Waals surface area contributed by atoms with E-state index in [1.807, 2.05) is 0 Å². The molecule has 102 valence electrons. The number of benzene rings is 1. The summed E-state index contributed by atoms with van der Waals surface area (Å²) in [5.41, 5.74) is 0.308. The molecule has 0 aliphatic carbocycles. The maximum Gasteiger partial charge on any atom is 0.341 e. The van der Waals surface area contributed by atoms with Gasteiger partial charge >= 0.3 is 11.9 Å². The van der Waals surface area contributed by atoms with Gasteiger partial charge in [0.15, 0.2) is 30.5 Å². The molecule has 1 aromatic rings. The van der Waals surface area contributed by atoms with E-state index < -0.39 is 25.2 Å². The molecule has 0 aliphatic heterocycles.